The van der Waals surface area contributed by atoms with E-state index < -0.39 is 38.9 Å². The van der Waals surface area contributed by atoms with E-state index in [1.54, 1.807) is 0 Å². The summed E-state index contributed by atoms with van der Waals surface area (Å²) in [5.74, 6) is 0.0933. The molecule has 0 aliphatic rings. The number of nitrogen functional groups attached to an aromatic ring is 1. The summed E-state index contributed by atoms with van der Waals surface area (Å²) < 4.78 is 104. The number of hydrogen-bond donors (Lipinski definition) is 2. The minimum atomic E-state index is -6.14. The Kier molecular flexibility index (Phi) is 6.06. The summed E-state index contributed by atoms with van der Waals surface area (Å²) >= 11 is 0. The highest BCUT2D eigenvalue weighted by Gasteiger charge is 2.71. The quantitative estimate of drug-likeness (QED) is 0.520. The Hall–Kier alpha value is -3.70. The molecule has 2 aromatic heterocycles. The maximum absolute atomic E-state index is 13.1. The molecule has 0 fully saturated rings. The fraction of sp³-hybridized carbons (Fsp3) is 0.150. The first kappa shape index (κ1) is 24.9. The first-order valence-electron chi connectivity index (χ1n) is 8.96. The third-order valence-electron chi connectivity index (χ3n) is 4.75. The van der Waals surface area contributed by atoms with Crippen molar-refractivity contribution in [2.45, 2.75) is 27.7 Å². The van der Waals surface area contributed by atoms with Crippen LogP contribution in [0.4, 0.5) is 32.2 Å². The number of alkyl halides is 6. The summed E-state index contributed by atoms with van der Waals surface area (Å²) in [7, 11) is -4.02. The Balaban J connectivity index is 2.05. The third kappa shape index (κ3) is 4.15. The molecular formula is C20H12F6N4O3S. The van der Waals surface area contributed by atoms with Crippen molar-refractivity contribution in [3.63, 3.8) is 0 Å². The molecule has 0 atom stereocenters. The number of sulfone groups is 1. The van der Waals surface area contributed by atoms with Crippen molar-refractivity contribution in [2.24, 2.45) is 0 Å². The zero-order valence-electron chi connectivity index (χ0n) is 16.6. The van der Waals surface area contributed by atoms with Gasteiger partial charge in [0.25, 0.3) is 5.60 Å². The van der Waals surface area contributed by atoms with E-state index in [0.717, 1.165) is 18.3 Å². The second-order valence-corrected chi connectivity index (χ2v) is 8.83. The van der Waals surface area contributed by atoms with Gasteiger partial charge in [-0.05, 0) is 30.3 Å². The summed E-state index contributed by atoms with van der Waals surface area (Å²) in [6, 6.07) is 8.72. The van der Waals surface area contributed by atoms with E-state index in [-0.39, 0.29) is 39.1 Å². The number of aromatic nitrogens is 2. The molecule has 1 aromatic carbocycles. The normalized spacial score (nSPS) is 12.9. The van der Waals surface area contributed by atoms with Crippen molar-refractivity contribution in [1.82, 2.24) is 9.97 Å². The standard InChI is InChI=1S/C20H12F6N4O3S/c21-19(22,23)18(31,20(24,25)26)13-7-12(8-27)17(30-9-13)11-1-3-14(4-2-11)34(32,33)15-5-6-16(28)29-10-15/h1-7,9-10,31H,(H2,28,29). The third-order valence-corrected chi connectivity index (χ3v) is 6.51. The minimum absolute atomic E-state index is 0.0278. The van der Waals surface area contributed by atoms with Crippen LogP contribution in [0.1, 0.15) is 11.1 Å². The number of halogens is 6. The molecule has 0 radical (unpaired) electrons. The Morgan fingerprint density at radius 3 is 1.91 bits per heavy atom. The molecule has 0 amide bonds. The maximum atomic E-state index is 13.1. The topological polar surface area (TPSA) is 130 Å². The van der Waals surface area contributed by atoms with E-state index >= 15 is 0 Å². The monoisotopic (exact) mass is 502 g/mol. The highest BCUT2D eigenvalue weighted by Crippen LogP contribution is 2.50. The molecule has 0 saturated carbocycles. The van der Waals surface area contributed by atoms with Gasteiger partial charge < -0.3 is 10.8 Å². The zero-order chi connectivity index (χ0) is 25.5. The first-order chi connectivity index (χ1) is 15.6. The molecule has 0 spiro atoms. The number of nitriles is 1. The average Bonchev–Trinajstić information content (AvgIpc) is 2.77. The van der Waals surface area contributed by atoms with Gasteiger partial charge in [0.1, 0.15) is 11.9 Å². The van der Waals surface area contributed by atoms with Crippen molar-refractivity contribution in [2.75, 3.05) is 5.73 Å². The molecular weight excluding hydrogens is 490 g/mol. The lowest BCUT2D eigenvalue weighted by molar-refractivity contribution is -0.376. The van der Waals surface area contributed by atoms with Crippen LogP contribution in [0.5, 0.6) is 0 Å². The van der Waals surface area contributed by atoms with Gasteiger partial charge in [-0.1, -0.05) is 12.1 Å². The van der Waals surface area contributed by atoms with E-state index in [9.17, 15) is 45.1 Å². The smallest absolute Gasteiger partial charge is 0.384 e. The number of aliphatic hydroxyl groups is 1. The van der Waals surface area contributed by atoms with Gasteiger partial charge in [-0.25, -0.2) is 13.4 Å². The molecule has 178 valence electrons. The van der Waals surface area contributed by atoms with Crippen LogP contribution in [0.15, 0.2) is 64.6 Å². The van der Waals surface area contributed by atoms with Gasteiger partial charge >= 0.3 is 12.4 Å². The molecule has 3 aromatic rings. The number of nitrogens with two attached hydrogens (primary N) is 1. The summed E-state index contributed by atoms with van der Waals surface area (Å²) in [6.07, 6.45) is -11.1. The first-order valence-corrected chi connectivity index (χ1v) is 10.4. The predicted molar refractivity (Wildman–Crippen MR) is 104 cm³/mol. The van der Waals surface area contributed by atoms with Crippen LogP contribution < -0.4 is 5.73 Å². The van der Waals surface area contributed by atoms with Crippen LogP contribution in [0.25, 0.3) is 11.3 Å². The number of hydrogen-bond acceptors (Lipinski definition) is 7. The van der Waals surface area contributed by atoms with Crippen molar-refractivity contribution >= 4 is 15.7 Å². The lowest BCUT2D eigenvalue weighted by Crippen LogP contribution is -2.54. The Labute approximate surface area is 188 Å². The average molecular weight is 502 g/mol. The Bertz CT molecular complexity index is 1350. The lowest BCUT2D eigenvalue weighted by atomic mass is 9.91. The lowest BCUT2D eigenvalue weighted by Gasteiger charge is -2.32. The van der Waals surface area contributed by atoms with Crippen LogP contribution in [0.2, 0.25) is 0 Å². The van der Waals surface area contributed by atoms with Crippen LogP contribution in [-0.2, 0) is 15.4 Å². The second kappa shape index (κ2) is 8.26. The maximum Gasteiger partial charge on any atom is 0.430 e. The van der Waals surface area contributed by atoms with Gasteiger partial charge in [-0.2, -0.15) is 31.6 Å². The summed E-state index contributed by atoms with van der Waals surface area (Å²) in [5.41, 5.74) is -2.52. The van der Waals surface area contributed by atoms with Crippen LogP contribution in [-0.4, -0.2) is 35.8 Å². The molecule has 0 aliphatic carbocycles. The van der Waals surface area contributed by atoms with E-state index in [0.29, 0.717) is 0 Å². The van der Waals surface area contributed by atoms with Gasteiger partial charge in [-0.15, -0.1) is 0 Å². The molecule has 2 heterocycles. The van der Waals surface area contributed by atoms with Crippen molar-refractivity contribution in [1.29, 1.82) is 5.26 Å². The molecule has 14 heteroatoms. The molecule has 0 saturated heterocycles. The number of anilines is 1. The fourth-order valence-electron chi connectivity index (χ4n) is 2.94. The van der Waals surface area contributed by atoms with Crippen LogP contribution in [0, 0.1) is 11.3 Å². The van der Waals surface area contributed by atoms with E-state index in [1.165, 1.54) is 30.3 Å². The molecule has 34 heavy (non-hydrogen) atoms. The highest BCUT2D eigenvalue weighted by molar-refractivity contribution is 7.91. The van der Waals surface area contributed by atoms with Crippen molar-refractivity contribution in [3.8, 4) is 17.3 Å². The van der Waals surface area contributed by atoms with E-state index in [4.69, 9.17) is 5.73 Å². The van der Waals surface area contributed by atoms with Crippen molar-refractivity contribution in [3.05, 3.63) is 66.0 Å². The predicted octanol–water partition coefficient (Wildman–Crippen LogP) is 3.74. The van der Waals surface area contributed by atoms with E-state index in [2.05, 4.69) is 9.97 Å². The Morgan fingerprint density at radius 1 is 0.882 bits per heavy atom. The van der Waals surface area contributed by atoms with Gasteiger partial charge in [-0.3, -0.25) is 4.98 Å². The molecule has 7 nitrogen and oxygen atoms in total. The van der Waals surface area contributed by atoms with Gasteiger partial charge in [0, 0.05) is 23.5 Å². The molecule has 3 N–H and O–H groups in total. The van der Waals surface area contributed by atoms with Crippen molar-refractivity contribution < 1.29 is 39.9 Å². The Morgan fingerprint density at radius 2 is 1.44 bits per heavy atom. The van der Waals surface area contributed by atoms with Crippen LogP contribution >= 0.6 is 0 Å². The summed E-state index contributed by atoms with van der Waals surface area (Å²) in [4.78, 5) is 6.83. The molecule has 0 bridgehead atoms. The molecule has 0 unspecified atom stereocenters. The molecule has 0 aliphatic heterocycles. The van der Waals surface area contributed by atoms with E-state index in [1.807, 2.05) is 0 Å². The SMILES string of the molecule is N#Cc1cc(C(O)(C(F)(F)F)C(F)(F)F)cnc1-c1ccc(S(=O)(=O)c2ccc(N)nc2)cc1. The zero-order valence-corrected chi connectivity index (χ0v) is 17.4. The van der Waals surface area contributed by atoms with Gasteiger partial charge in [0.15, 0.2) is 0 Å². The largest absolute Gasteiger partial charge is 0.430 e. The second-order valence-electron chi connectivity index (χ2n) is 6.88. The minimum Gasteiger partial charge on any atom is -0.384 e. The summed E-state index contributed by atoms with van der Waals surface area (Å²) in [6.45, 7) is 0. The fourth-order valence-corrected chi connectivity index (χ4v) is 4.15. The number of rotatable bonds is 4. The number of pyridine rings is 2. The van der Waals surface area contributed by atoms with Gasteiger partial charge in [0.2, 0.25) is 9.84 Å². The van der Waals surface area contributed by atoms with Crippen LogP contribution in [0.3, 0.4) is 0 Å². The summed E-state index contributed by atoms with van der Waals surface area (Å²) in [5, 5.41) is 18.8. The number of nitrogens with zero attached hydrogens (tertiary/aromatic N) is 3. The van der Waals surface area contributed by atoms with Gasteiger partial charge in [0.05, 0.1) is 21.0 Å². The number of benzene rings is 1. The molecule has 3 rings (SSSR count). The highest BCUT2D eigenvalue weighted by atomic mass is 32.2.